The molecule has 0 saturated heterocycles. The van der Waals surface area contributed by atoms with Gasteiger partial charge in [0, 0.05) is 23.2 Å². The summed E-state index contributed by atoms with van der Waals surface area (Å²) < 4.78 is 28.2. The lowest BCUT2D eigenvalue weighted by Crippen LogP contribution is -2.14. The number of hydrogen-bond donors (Lipinski definition) is 2. The topological polar surface area (TPSA) is 98.0 Å². The summed E-state index contributed by atoms with van der Waals surface area (Å²) >= 11 is 12.4. The number of rotatable bonds is 4. The molecule has 0 bridgehead atoms. The summed E-state index contributed by atoms with van der Waals surface area (Å²) in [6.07, 6.45) is 2.92. The first-order chi connectivity index (χ1) is 13.8. The largest absolute Gasteiger partial charge is 0.384 e. The van der Waals surface area contributed by atoms with Crippen LogP contribution in [0, 0.1) is 0 Å². The number of nitrogens with one attached hydrogen (secondary N) is 1. The first kappa shape index (κ1) is 19.4. The van der Waals surface area contributed by atoms with Gasteiger partial charge in [0.1, 0.15) is 5.82 Å². The standard InChI is InChI=1S/C20H14Cl2N4O2S/c21-16-6-5-13(29(27,28)26-18-11-25-19(23)10-17(18)22)9-15(16)20-14-4-2-1-3-12(14)7-8-24-20/h1-11,26H,(H2,23,25). The minimum Gasteiger partial charge on any atom is -0.384 e. The Bertz CT molecular complexity index is 1340. The van der Waals surface area contributed by atoms with Crippen LogP contribution in [0.4, 0.5) is 11.5 Å². The maximum atomic E-state index is 12.9. The van der Waals surface area contributed by atoms with Crippen LogP contribution in [0.1, 0.15) is 0 Å². The lowest BCUT2D eigenvalue weighted by atomic mass is 10.0. The van der Waals surface area contributed by atoms with Crippen LogP contribution in [-0.4, -0.2) is 18.4 Å². The summed E-state index contributed by atoms with van der Waals surface area (Å²) in [5.74, 6) is 0.189. The molecule has 0 atom stereocenters. The van der Waals surface area contributed by atoms with E-state index in [4.69, 9.17) is 28.9 Å². The second-order valence-electron chi connectivity index (χ2n) is 6.22. The Labute approximate surface area is 177 Å². The van der Waals surface area contributed by atoms with Crippen molar-refractivity contribution in [2.24, 2.45) is 0 Å². The zero-order valence-electron chi connectivity index (χ0n) is 14.8. The number of sulfonamides is 1. The number of nitrogens with two attached hydrogens (primary N) is 1. The molecule has 2 aromatic carbocycles. The van der Waals surface area contributed by atoms with E-state index in [0.717, 1.165) is 10.8 Å². The lowest BCUT2D eigenvalue weighted by molar-refractivity contribution is 0.601. The summed E-state index contributed by atoms with van der Waals surface area (Å²) in [4.78, 5) is 8.30. The van der Waals surface area contributed by atoms with E-state index in [-0.39, 0.29) is 21.4 Å². The fourth-order valence-electron chi connectivity index (χ4n) is 2.91. The number of fused-ring (bicyclic) bond motifs is 1. The summed E-state index contributed by atoms with van der Waals surface area (Å²) in [6, 6.07) is 15.3. The molecule has 29 heavy (non-hydrogen) atoms. The van der Waals surface area contributed by atoms with E-state index in [9.17, 15) is 8.42 Å². The lowest BCUT2D eigenvalue weighted by Gasteiger charge is -2.12. The van der Waals surface area contributed by atoms with Gasteiger partial charge in [0.25, 0.3) is 10.0 Å². The molecular formula is C20H14Cl2N4O2S. The summed E-state index contributed by atoms with van der Waals surface area (Å²) in [6.45, 7) is 0. The van der Waals surface area contributed by atoms with Gasteiger partial charge in [0.2, 0.25) is 0 Å². The van der Waals surface area contributed by atoms with Crippen LogP contribution in [0.2, 0.25) is 10.0 Å². The van der Waals surface area contributed by atoms with Crippen LogP contribution in [0.25, 0.3) is 22.0 Å². The van der Waals surface area contributed by atoms with Crippen molar-refractivity contribution in [2.45, 2.75) is 4.90 Å². The van der Waals surface area contributed by atoms with Crippen LogP contribution in [0.5, 0.6) is 0 Å². The van der Waals surface area contributed by atoms with Gasteiger partial charge in [-0.3, -0.25) is 9.71 Å². The molecule has 0 aliphatic heterocycles. The van der Waals surface area contributed by atoms with Gasteiger partial charge in [-0.05, 0) is 29.7 Å². The molecule has 6 nitrogen and oxygen atoms in total. The molecule has 4 rings (SSSR count). The molecule has 4 aromatic rings. The van der Waals surface area contributed by atoms with Gasteiger partial charge in [0.15, 0.2) is 0 Å². The highest BCUT2D eigenvalue weighted by atomic mass is 35.5. The third kappa shape index (κ3) is 3.85. The Balaban J connectivity index is 1.80. The smallest absolute Gasteiger partial charge is 0.262 e. The first-order valence-electron chi connectivity index (χ1n) is 8.43. The molecule has 3 N–H and O–H groups in total. The molecule has 0 saturated carbocycles. The number of benzene rings is 2. The molecule has 9 heteroatoms. The first-order valence-corrected chi connectivity index (χ1v) is 10.7. The molecular weight excluding hydrogens is 431 g/mol. The summed E-state index contributed by atoms with van der Waals surface area (Å²) in [5, 5.41) is 2.37. The Morgan fingerprint density at radius 3 is 2.52 bits per heavy atom. The van der Waals surface area contributed by atoms with Gasteiger partial charge >= 0.3 is 0 Å². The third-order valence-corrected chi connectivity index (χ3v) is 6.30. The summed E-state index contributed by atoms with van der Waals surface area (Å²) in [5.41, 5.74) is 6.78. The number of aromatic nitrogens is 2. The van der Waals surface area contributed by atoms with Crippen molar-refractivity contribution in [1.29, 1.82) is 0 Å². The van der Waals surface area contributed by atoms with Crippen LogP contribution in [0.3, 0.4) is 0 Å². The SMILES string of the molecule is Nc1cc(Cl)c(NS(=O)(=O)c2ccc(Cl)c(-c3nccc4ccccc34)c2)cn1. The molecule has 2 aromatic heterocycles. The average Bonchev–Trinajstić information content (AvgIpc) is 2.70. The van der Waals surface area contributed by atoms with Gasteiger partial charge in [-0.1, -0.05) is 47.5 Å². The van der Waals surface area contributed by atoms with Crippen molar-refractivity contribution in [2.75, 3.05) is 10.5 Å². The van der Waals surface area contributed by atoms with Crippen molar-refractivity contribution in [3.63, 3.8) is 0 Å². The number of halogens is 2. The van der Waals surface area contributed by atoms with E-state index in [1.807, 2.05) is 30.3 Å². The minimum absolute atomic E-state index is 0.0134. The highest BCUT2D eigenvalue weighted by molar-refractivity contribution is 7.92. The predicted octanol–water partition coefficient (Wildman–Crippen LogP) is 4.99. The van der Waals surface area contributed by atoms with E-state index in [2.05, 4.69) is 14.7 Å². The Hall–Kier alpha value is -2.87. The highest BCUT2D eigenvalue weighted by Gasteiger charge is 2.19. The van der Waals surface area contributed by atoms with Crippen LogP contribution >= 0.6 is 23.2 Å². The van der Waals surface area contributed by atoms with Crippen molar-refractivity contribution in [3.05, 3.63) is 77.0 Å². The van der Waals surface area contributed by atoms with Crippen LogP contribution in [-0.2, 0) is 10.0 Å². The molecule has 0 aliphatic rings. The average molecular weight is 445 g/mol. The Kier molecular flexibility index (Phi) is 5.04. The minimum atomic E-state index is -3.95. The van der Waals surface area contributed by atoms with Gasteiger partial charge < -0.3 is 5.73 Å². The zero-order valence-corrected chi connectivity index (χ0v) is 17.1. The molecule has 0 amide bonds. The molecule has 0 radical (unpaired) electrons. The van der Waals surface area contributed by atoms with Gasteiger partial charge in [-0.25, -0.2) is 13.4 Å². The number of nitrogen functional groups attached to an aromatic ring is 1. The number of anilines is 2. The van der Waals surface area contributed by atoms with Crippen molar-refractivity contribution in [3.8, 4) is 11.3 Å². The van der Waals surface area contributed by atoms with Gasteiger partial charge in [-0.2, -0.15) is 0 Å². The molecule has 0 fully saturated rings. The van der Waals surface area contributed by atoms with Gasteiger partial charge in [0.05, 0.1) is 32.5 Å². The van der Waals surface area contributed by atoms with E-state index >= 15 is 0 Å². The van der Waals surface area contributed by atoms with E-state index in [1.165, 1.54) is 30.5 Å². The molecule has 146 valence electrons. The van der Waals surface area contributed by atoms with E-state index in [0.29, 0.717) is 16.3 Å². The van der Waals surface area contributed by atoms with Gasteiger partial charge in [-0.15, -0.1) is 0 Å². The predicted molar refractivity (Wildman–Crippen MR) is 117 cm³/mol. The molecule has 0 spiro atoms. The molecule has 2 heterocycles. The van der Waals surface area contributed by atoms with Crippen molar-refractivity contribution in [1.82, 2.24) is 9.97 Å². The maximum absolute atomic E-state index is 12.9. The van der Waals surface area contributed by atoms with Crippen LogP contribution in [0.15, 0.2) is 71.9 Å². The maximum Gasteiger partial charge on any atom is 0.262 e. The Morgan fingerprint density at radius 2 is 1.72 bits per heavy atom. The second kappa shape index (κ2) is 7.51. The van der Waals surface area contributed by atoms with Crippen LogP contribution < -0.4 is 10.5 Å². The third-order valence-electron chi connectivity index (χ3n) is 4.30. The number of hydrogen-bond acceptors (Lipinski definition) is 5. The fourth-order valence-corrected chi connectivity index (χ4v) is 4.47. The van der Waals surface area contributed by atoms with Crippen molar-refractivity contribution >= 4 is 55.5 Å². The fraction of sp³-hybridized carbons (Fsp3) is 0. The monoisotopic (exact) mass is 444 g/mol. The quantitative estimate of drug-likeness (QED) is 0.461. The number of nitrogens with zero attached hydrogens (tertiary/aromatic N) is 2. The zero-order chi connectivity index (χ0) is 20.6. The highest BCUT2D eigenvalue weighted by Crippen LogP contribution is 2.34. The normalized spacial score (nSPS) is 11.5. The molecule has 0 unspecified atom stereocenters. The van der Waals surface area contributed by atoms with E-state index in [1.54, 1.807) is 6.20 Å². The number of pyridine rings is 2. The Morgan fingerprint density at radius 1 is 0.931 bits per heavy atom. The molecule has 0 aliphatic carbocycles. The summed E-state index contributed by atoms with van der Waals surface area (Å²) in [7, 11) is -3.95. The second-order valence-corrected chi connectivity index (χ2v) is 8.71. The van der Waals surface area contributed by atoms with E-state index < -0.39 is 10.0 Å². The van der Waals surface area contributed by atoms with Crippen molar-refractivity contribution < 1.29 is 8.42 Å².